The molecule has 26 heavy (non-hydrogen) atoms. The maximum Gasteiger partial charge on any atom is 0.410 e. The number of urea groups is 1. The number of hydrogen-bond donors (Lipinski definition) is 1. The molecule has 3 rings (SSSR count). The van der Waals surface area contributed by atoms with Gasteiger partial charge in [-0.1, -0.05) is 23.2 Å². The van der Waals surface area contributed by atoms with Crippen LogP contribution in [0, 0.1) is 0 Å². The molecule has 2 aliphatic heterocycles. The predicted octanol–water partition coefficient (Wildman–Crippen LogP) is 4.42. The quantitative estimate of drug-likeness (QED) is 0.759. The maximum absolute atomic E-state index is 12.5. The average molecular weight is 400 g/mol. The number of halogens is 2. The summed E-state index contributed by atoms with van der Waals surface area (Å²) in [5.74, 6) is 0. The first-order valence-electron chi connectivity index (χ1n) is 8.68. The van der Waals surface area contributed by atoms with Crippen LogP contribution in [0.4, 0.5) is 15.3 Å². The Bertz CT molecular complexity index is 725. The summed E-state index contributed by atoms with van der Waals surface area (Å²) in [6.45, 7) is 7.06. The van der Waals surface area contributed by atoms with Gasteiger partial charge in [0.1, 0.15) is 5.60 Å². The van der Waals surface area contributed by atoms with Gasteiger partial charge < -0.3 is 15.0 Å². The highest BCUT2D eigenvalue weighted by atomic mass is 35.5. The Balaban J connectivity index is 1.73. The van der Waals surface area contributed by atoms with Crippen LogP contribution >= 0.6 is 23.2 Å². The molecule has 0 bridgehead atoms. The van der Waals surface area contributed by atoms with Crippen molar-refractivity contribution in [2.24, 2.45) is 0 Å². The number of hydrogen-bond acceptors (Lipinski definition) is 3. The van der Waals surface area contributed by atoms with E-state index < -0.39 is 5.60 Å². The molecule has 8 heteroatoms. The molecule has 0 saturated carbocycles. The molecule has 1 aromatic rings. The fourth-order valence-electron chi connectivity index (χ4n) is 3.30. The van der Waals surface area contributed by atoms with E-state index in [1.165, 1.54) is 0 Å². The highest BCUT2D eigenvalue weighted by molar-refractivity contribution is 6.42. The van der Waals surface area contributed by atoms with Gasteiger partial charge in [0, 0.05) is 25.7 Å². The second-order valence-electron chi connectivity index (χ2n) is 7.62. The predicted molar refractivity (Wildman–Crippen MR) is 102 cm³/mol. The number of anilines is 1. The Labute approximate surface area is 163 Å². The van der Waals surface area contributed by atoms with Crippen molar-refractivity contribution in [1.29, 1.82) is 0 Å². The van der Waals surface area contributed by atoms with Gasteiger partial charge in [0.25, 0.3) is 0 Å². The highest BCUT2D eigenvalue weighted by Gasteiger charge is 2.35. The summed E-state index contributed by atoms with van der Waals surface area (Å²) >= 11 is 12.3. The number of fused-ring (bicyclic) bond motifs is 1. The first-order valence-corrected chi connectivity index (χ1v) is 9.44. The van der Waals surface area contributed by atoms with Gasteiger partial charge in [-0.15, -0.1) is 0 Å². The Hall–Kier alpha value is -1.66. The topological polar surface area (TPSA) is 61.9 Å². The molecule has 1 saturated heterocycles. The lowest BCUT2D eigenvalue weighted by molar-refractivity contribution is 0.0206. The van der Waals surface area contributed by atoms with Crippen LogP contribution in [0.1, 0.15) is 39.2 Å². The zero-order valence-electron chi connectivity index (χ0n) is 15.1. The minimum Gasteiger partial charge on any atom is -0.444 e. The Morgan fingerprint density at radius 1 is 1.19 bits per heavy atom. The molecule has 142 valence electrons. The van der Waals surface area contributed by atoms with Crippen LogP contribution < -0.4 is 10.2 Å². The lowest BCUT2D eigenvalue weighted by atomic mass is 10.0. The van der Waals surface area contributed by atoms with E-state index >= 15 is 0 Å². The van der Waals surface area contributed by atoms with Crippen molar-refractivity contribution in [1.82, 2.24) is 10.2 Å². The lowest BCUT2D eigenvalue weighted by Crippen LogP contribution is -2.54. The van der Waals surface area contributed by atoms with E-state index in [-0.39, 0.29) is 18.2 Å². The number of rotatable bonds is 1. The number of carbonyl (C=O) groups is 2. The van der Waals surface area contributed by atoms with Crippen LogP contribution in [0.15, 0.2) is 12.1 Å². The normalized spacial score (nSPS) is 18.4. The summed E-state index contributed by atoms with van der Waals surface area (Å²) in [6.07, 6.45) is 1.04. The van der Waals surface area contributed by atoms with Crippen molar-refractivity contribution < 1.29 is 14.3 Å². The second kappa shape index (κ2) is 7.16. The smallest absolute Gasteiger partial charge is 0.410 e. The van der Waals surface area contributed by atoms with Gasteiger partial charge in [-0.25, -0.2) is 9.59 Å². The zero-order chi connectivity index (χ0) is 19.1. The van der Waals surface area contributed by atoms with Gasteiger partial charge >= 0.3 is 12.1 Å². The Morgan fingerprint density at radius 2 is 1.81 bits per heavy atom. The fraction of sp³-hybridized carbons (Fsp3) is 0.556. The molecule has 0 spiro atoms. The molecule has 1 N–H and O–H groups in total. The number of amides is 3. The monoisotopic (exact) mass is 399 g/mol. The number of benzene rings is 1. The van der Waals surface area contributed by atoms with Crippen molar-refractivity contribution in [3.63, 3.8) is 0 Å². The van der Waals surface area contributed by atoms with Gasteiger partial charge in [0.2, 0.25) is 0 Å². The van der Waals surface area contributed by atoms with Gasteiger partial charge in [0.05, 0.1) is 15.7 Å². The van der Waals surface area contributed by atoms with E-state index in [0.29, 0.717) is 42.5 Å². The maximum atomic E-state index is 12.5. The van der Waals surface area contributed by atoms with Crippen molar-refractivity contribution in [3.8, 4) is 0 Å². The minimum atomic E-state index is -0.518. The van der Waals surface area contributed by atoms with Crippen molar-refractivity contribution in [2.75, 3.05) is 18.0 Å². The largest absolute Gasteiger partial charge is 0.444 e. The average Bonchev–Trinajstić information content (AvgIpc) is 2.55. The fourth-order valence-corrected chi connectivity index (χ4v) is 3.65. The summed E-state index contributed by atoms with van der Waals surface area (Å²) < 4.78 is 5.43. The lowest BCUT2D eigenvalue weighted by Gasteiger charge is -2.41. The third-order valence-electron chi connectivity index (χ3n) is 4.51. The third-order valence-corrected chi connectivity index (χ3v) is 5.23. The highest BCUT2D eigenvalue weighted by Crippen LogP contribution is 2.36. The molecular weight excluding hydrogens is 377 g/mol. The van der Waals surface area contributed by atoms with Gasteiger partial charge in [-0.2, -0.15) is 0 Å². The SMILES string of the molecule is CC(C)(C)OC(=O)N1CCC(N2C(=O)NCc3cc(Cl)c(Cl)cc32)CC1. The van der Waals surface area contributed by atoms with E-state index in [9.17, 15) is 9.59 Å². The molecule has 1 fully saturated rings. The number of carbonyl (C=O) groups excluding carboxylic acids is 2. The van der Waals surface area contributed by atoms with Crippen molar-refractivity contribution in [2.45, 2.75) is 51.8 Å². The molecule has 0 aromatic heterocycles. The Morgan fingerprint density at radius 3 is 2.42 bits per heavy atom. The number of ether oxygens (including phenoxy) is 1. The standard InChI is InChI=1S/C18H23Cl2N3O3/c1-18(2,3)26-17(25)22-6-4-12(5-7-22)23-15-9-14(20)13(19)8-11(15)10-21-16(23)24/h8-9,12H,4-7,10H2,1-3H3,(H,21,24). The number of likely N-dealkylation sites (tertiary alicyclic amines) is 1. The molecule has 0 unspecified atom stereocenters. The van der Waals surface area contributed by atoms with Crippen LogP contribution in [0.25, 0.3) is 0 Å². The molecule has 2 aliphatic rings. The summed E-state index contributed by atoms with van der Waals surface area (Å²) in [4.78, 5) is 28.1. The minimum absolute atomic E-state index is 0.00928. The summed E-state index contributed by atoms with van der Waals surface area (Å²) in [5, 5.41) is 3.78. The molecule has 0 atom stereocenters. The molecular formula is C18H23Cl2N3O3. The van der Waals surface area contributed by atoms with Crippen LogP contribution in [-0.4, -0.2) is 41.8 Å². The molecule has 6 nitrogen and oxygen atoms in total. The van der Waals surface area contributed by atoms with E-state index in [0.717, 1.165) is 11.3 Å². The third kappa shape index (κ3) is 4.01. The molecule has 0 aliphatic carbocycles. The van der Waals surface area contributed by atoms with E-state index in [1.807, 2.05) is 20.8 Å². The van der Waals surface area contributed by atoms with Crippen LogP contribution in [-0.2, 0) is 11.3 Å². The first kappa shape index (κ1) is 19.1. The number of nitrogens with zero attached hydrogens (tertiary/aromatic N) is 2. The van der Waals surface area contributed by atoms with Crippen molar-refractivity contribution in [3.05, 3.63) is 27.7 Å². The number of nitrogens with one attached hydrogen (secondary N) is 1. The summed E-state index contributed by atoms with van der Waals surface area (Å²) in [6, 6.07) is 3.39. The van der Waals surface area contributed by atoms with Gasteiger partial charge in [0.15, 0.2) is 0 Å². The van der Waals surface area contributed by atoms with Crippen LogP contribution in [0.5, 0.6) is 0 Å². The van der Waals surface area contributed by atoms with Crippen LogP contribution in [0.2, 0.25) is 10.0 Å². The molecule has 1 aromatic carbocycles. The summed E-state index contributed by atoms with van der Waals surface area (Å²) in [5.41, 5.74) is 1.21. The van der Waals surface area contributed by atoms with Crippen molar-refractivity contribution >= 4 is 41.0 Å². The van der Waals surface area contributed by atoms with Gasteiger partial charge in [-0.3, -0.25) is 4.90 Å². The zero-order valence-corrected chi connectivity index (χ0v) is 16.7. The summed E-state index contributed by atoms with van der Waals surface area (Å²) in [7, 11) is 0. The first-order chi connectivity index (χ1) is 12.2. The molecule has 3 amide bonds. The molecule has 0 radical (unpaired) electrons. The van der Waals surface area contributed by atoms with Gasteiger partial charge in [-0.05, 0) is 51.3 Å². The van der Waals surface area contributed by atoms with E-state index in [2.05, 4.69) is 5.32 Å². The Kier molecular flexibility index (Phi) is 5.26. The van der Waals surface area contributed by atoms with Crippen LogP contribution in [0.3, 0.4) is 0 Å². The van der Waals surface area contributed by atoms with E-state index in [1.54, 1.807) is 21.9 Å². The van der Waals surface area contributed by atoms with E-state index in [4.69, 9.17) is 27.9 Å². The molecule has 2 heterocycles. The number of piperidine rings is 1. The second-order valence-corrected chi connectivity index (χ2v) is 8.44.